The van der Waals surface area contributed by atoms with Gasteiger partial charge in [0.05, 0.1) is 27.6 Å². The monoisotopic (exact) mass is 624 g/mol. The summed E-state index contributed by atoms with van der Waals surface area (Å²) in [6.45, 7) is 0. The summed E-state index contributed by atoms with van der Waals surface area (Å²) in [6.07, 6.45) is 0. The normalized spacial score (nSPS) is 12.1. The molecule has 4 heteroatoms. The van der Waals surface area contributed by atoms with Crippen LogP contribution in [0.1, 0.15) is 0 Å². The average Bonchev–Trinajstić information content (AvgIpc) is 3.83. The smallest absolute Gasteiger partial charge is 0.147 e. The quantitative estimate of drug-likeness (QED) is 0.192. The Morgan fingerprint density at radius 3 is 1.73 bits per heavy atom. The molecular weight excluding hydrogens is 597 g/mol. The standard InChI is InChI=1S/C45H28N4/c1-2-12-31(13-3-1)47-39-19-9-6-14-33(39)37-28-30(24-27-41(37)47)29-22-25-32(26-23-29)48-40-20-10-7-17-36(40)43-34-15-4-5-16-35(34)44-46-38-18-8-11-21-42(38)49(44)45(43)48/h1-28H. The first-order valence-electron chi connectivity index (χ1n) is 16.7. The van der Waals surface area contributed by atoms with Crippen molar-refractivity contribution in [1.29, 1.82) is 0 Å². The van der Waals surface area contributed by atoms with E-state index in [9.17, 15) is 0 Å². The molecule has 0 fully saturated rings. The topological polar surface area (TPSA) is 27.2 Å². The summed E-state index contributed by atoms with van der Waals surface area (Å²) in [4.78, 5) is 5.17. The van der Waals surface area contributed by atoms with Crippen LogP contribution in [0.2, 0.25) is 0 Å². The molecule has 0 N–H and O–H groups in total. The number of benzene rings is 7. The Morgan fingerprint density at radius 1 is 0.367 bits per heavy atom. The van der Waals surface area contributed by atoms with Crippen molar-refractivity contribution in [2.45, 2.75) is 0 Å². The number of nitrogens with zero attached hydrogens (tertiary/aromatic N) is 4. The van der Waals surface area contributed by atoms with Crippen LogP contribution in [0.5, 0.6) is 0 Å². The molecule has 0 unspecified atom stereocenters. The summed E-state index contributed by atoms with van der Waals surface area (Å²) in [5, 5.41) is 7.37. The second kappa shape index (κ2) is 9.93. The van der Waals surface area contributed by atoms with Gasteiger partial charge in [-0.25, -0.2) is 4.98 Å². The molecule has 0 spiro atoms. The van der Waals surface area contributed by atoms with Crippen molar-refractivity contribution in [3.8, 4) is 22.5 Å². The highest BCUT2D eigenvalue weighted by molar-refractivity contribution is 6.24. The van der Waals surface area contributed by atoms with Crippen molar-refractivity contribution < 1.29 is 0 Å². The molecule has 0 atom stereocenters. The van der Waals surface area contributed by atoms with Gasteiger partial charge in [0, 0.05) is 38.3 Å². The van der Waals surface area contributed by atoms with E-state index in [1.165, 1.54) is 60.3 Å². The fourth-order valence-electron chi connectivity index (χ4n) is 8.09. The van der Waals surface area contributed by atoms with E-state index in [1.54, 1.807) is 0 Å². The van der Waals surface area contributed by atoms with E-state index in [-0.39, 0.29) is 0 Å². The lowest BCUT2D eigenvalue weighted by Gasteiger charge is -2.12. The number of rotatable bonds is 3. The van der Waals surface area contributed by atoms with Crippen molar-refractivity contribution >= 4 is 71.2 Å². The van der Waals surface area contributed by atoms with Crippen LogP contribution >= 0.6 is 0 Å². The van der Waals surface area contributed by atoms with Gasteiger partial charge < -0.3 is 4.57 Å². The van der Waals surface area contributed by atoms with Gasteiger partial charge >= 0.3 is 0 Å². The summed E-state index contributed by atoms with van der Waals surface area (Å²) >= 11 is 0. The number of imidazole rings is 1. The number of para-hydroxylation sites is 5. The van der Waals surface area contributed by atoms with E-state index in [4.69, 9.17) is 4.98 Å². The Kier molecular flexibility index (Phi) is 5.35. The first-order chi connectivity index (χ1) is 24.3. The zero-order valence-electron chi connectivity index (χ0n) is 26.5. The molecule has 0 saturated heterocycles. The van der Waals surface area contributed by atoms with Crippen molar-refractivity contribution in [2.24, 2.45) is 0 Å². The molecule has 0 radical (unpaired) electrons. The molecule has 49 heavy (non-hydrogen) atoms. The molecule has 0 aliphatic heterocycles. The Hall–Kier alpha value is -6.65. The predicted molar refractivity (Wildman–Crippen MR) is 204 cm³/mol. The molecule has 7 aromatic carbocycles. The molecule has 11 rings (SSSR count). The van der Waals surface area contributed by atoms with Gasteiger partial charge in [0.25, 0.3) is 0 Å². The van der Waals surface area contributed by atoms with Gasteiger partial charge in [0.2, 0.25) is 0 Å². The van der Waals surface area contributed by atoms with Crippen molar-refractivity contribution in [3.05, 3.63) is 170 Å². The number of hydrogen-bond donors (Lipinski definition) is 0. The van der Waals surface area contributed by atoms with Crippen molar-refractivity contribution in [1.82, 2.24) is 18.5 Å². The lowest BCUT2D eigenvalue weighted by atomic mass is 10.0. The summed E-state index contributed by atoms with van der Waals surface area (Å²) < 4.78 is 7.14. The minimum Gasteiger partial charge on any atom is -0.309 e. The van der Waals surface area contributed by atoms with E-state index in [2.05, 4.69) is 183 Å². The zero-order chi connectivity index (χ0) is 32.1. The van der Waals surface area contributed by atoms with E-state index < -0.39 is 0 Å². The maximum Gasteiger partial charge on any atom is 0.147 e. The first kappa shape index (κ1) is 26.4. The number of fused-ring (bicyclic) bond motifs is 13. The lowest BCUT2D eigenvalue weighted by molar-refractivity contribution is 1.11. The van der Waals surface area contributed by atoms with Gasteiger partial charge in [-0.2, -0.15) is 0 Å². The van der Waals surface area contributed by atoms with Crippen molar-refractivity contribution in [2.75, 3.05) is 0 Å². The predicted octanol–water partition coefficient (Wildman–Crippen LogP) is 11.5. The SMILES string of the molecule is c1ccc(-n2c3ccccc3c3cc(-c4ccc(-n5c6ccccc6c6c7ccccc7c7nc8ccccc8n7c65)cc4)ccc32)cc1. The van der Waals surface area contributed by atoms with Crippen LogP contribution in [0, 0.1) is 0 Å². The van der Waals surface area contributed by atoms with Gasteiger partial charge in [-0.1, -0.05) is 109 Å². The fraction of sp³-hybridized carbons (Fsp3) is 0. The molecule has 11 aromatic rings. The molecule has 4 aromatic heterocycles. The number of hydrogen-bond acceptors (Lipinski definition) is 1. The third kappa shape index (κ3) is 3.66. The lowest BCUT2D eigenvalue weighted by Crippen LogP contribution is -1.99. The number of pyridine rings is 1. The third-order valence-electron chi connectivity index (χ3n) is 10.2. The average molecular weight is 625 g/mol. The maximum atomic E-state index is 5.17. The molecule has 4 nitrogen and oxygen atoms in total. The van der Waals surface area contributed by atoms with E-state index in [0.717, 1.165) is 33.4 Å². The summed E-state index contributed by atoms with van der Waals surface area (Å²) in [5.74, 6) is 0. The van der Waals surface area contributed by atoms with Gasteiger partial charge in [-0.3, -0.25) is 8.97 Å². The Balaban J connectivity index is 1.14. The molecule has 4 heterocycles. The van der Waals surface area contributed by atoms with E-state index in [1.807, 2.05) is 0 Å². The molecule has 228 valence electrons. The van der Waals surface area contributed by atoms with Crippen LogP contribution in [-0.2, 0) is 0 Å². The summed E-state index contributed by atoms with van der Waals surface area (Å²) in [6, 6.07) is 61.2. The molecule has 0 aliphatic rings. The summed E-state index contributed by atoms with van der Waals surface area (Å²) in [5.41, 5.74) is 12.5. The second-order valence-electron chi connectivity index (χ2n) is 12.8. The minimum atomic E-state index is 0.980. The maximum absolute atomic E-state index is 5.17. The van der Waals surface area contributed by atoms with Crippen LogP contribution in [0.3, 0.4) is 0 Å². The zero-order valence-corrected chi connectivity index (χ0v) is 26.5. The van der Waals surface area contributed by atoms with Crippen LogP contribution < -0.4 is 0 Å². The Bertz CT molecular complexity index is 3090. The Labute approximate surface area is 281 Å². The van der Waals surface area contributed by atoms with Crippen molar-refractivity contribution in [3.63, 3.8) is 0 Å². The van der Waals surface area contributed by atoms with E-state index in [0.29, 0.717) is 0 Å². The minimum absolute atomic E-state index is 0.980. The molecule has 0 saturated carbocycles. The van der Waals surface area contributed by atoms with Crippen LogP contribution in [0.4, 0.5) is 0 Å². The second-order valence-corrected chi connectivity index (χ2v) is 12.8. The third-order valence-corrected chi connectivity index (χ3v) is 10.2. The van der Waals surface area contributed by atoms with Gasteiger partial charge in [-0.05, 0) is 77.2 Å². The first-order valence-corrected chi connectivity index (χ1v) is 16.7. The molecule has 0 aliphatic carbocycles. The highest BCUT2D eigenvalue weighted by Gasteiger charge is 2.21. The highest BCUT2D eigenvalue weighted by atomic mass is 15.1. The fourth-order valence-corrected chi connectivity index (χ4v) is 8.09. The van der Waals surface area contributed by atoms with Gasteiger partial charge in [-0.15, -0.1) is 0 Å². The van der Waals surface area contributed by atoms with E-state index >= 15 is 0 Å². The van der Waals surface area contributed by atoms with Crippen LogP contribution in [0.25, 0.3) is 93.7 Å². The molecule has 0 amide bonds. The highest BCUT2D eigenvalue weighted by Crippen LogP contribution is 2.40. The largest absolute Gasteiger partial charge is 0.309 e. The van der Waals surface area contributed by atoms with Gasteiger partial charge in [0.1, 0.15) is 11.3 Å². The Morgan fingerprint density at radius 2 is 0.939 bits per heavy atom. The molecular formula is C45H28N4. The molecule has 0 bridgehead atoms. The van der Waals surface area contributed by atoms with Gasteiger partial charge in [0.15, 0.2) is 0 Å². The summed E-state index contributed by atoms with van der Waals surface area (Å²) in [7, 11) is 0. The van der Waals surface area contributed by atoms with Crippen LogP contribution in [0.15, 0.2) is 170 Å². The van der Waals surface area contributed by atoms with Crippen LogP contribution in [-0.4, -0.2) is 18.5 Å². The number of aromatic nitrogens is 4.